The Morgan fingerprint density at radius 2 is 1.86 bits per heavy atom. The quantitative estimate of drug-likeness (QED) is 0.661. The molecular weight excluding hydrogens is 384 g/mol. The van der Waals surface area contributed by atoms with Gasteiger partial charge in [-0.25, -0.2) is 9.78 Å². The first kappa shape index (κ1) is 21.3. The average molecular weight is 415 g/mol. The van der Waals surface area contributed by atoms with Gasteiger partial charge in [0.15, 0.2) is 0 Å². The normalized spacial score (nSPS) is 20.1. The lowest BCUT2D eigenvalue weighted by atomic mass is 9.85. The van der Waals surface area contributed by atoms with Crippen molar-refractivity contribution < 1.29 is 9.59 Å². The molecule has 3 amide bonds. The Balaban J connectivity index is 1.51. The van der Waals surface area contributed by atoms with Crippen molar-refractivity contribution in [1.82, 2.24) is 20.9 Å². The molecular formula is C22H30N4O2S. The van der Waals surface area contributed by atoms with Crippen LogP contribution in [-0.2, 0) is 4.79 Å². The molecule has 3 N–H and O–H groups in total. The van der Waals surface area contributed by atoms with Gasteiger partial charge in [0, 0.05) is 28.9 Å². The lowest BCUT2D eigenvalue weighted by molar-refractivity contribution is -0.126. The number of rotatable bonds is 6. The van der Waals surface area contributed by atoms with E-state index in [1.165, 1.54) is 0 Å². The standard InChI is InChI=1S/C22H30N4O2S/c1-14(2)23-20(27)17-10-7-11-18(12-17)25-22(28)24-15(3)21-26-19(13-29-21)16-8-5-4-6-9-16/h4-6,8-9,13-15,17-18H,7,10-12H2,1-3H3,(H,23,27)(H2,24,25,28). The van der Waals surface area contributed by atoms with Crippen molar-refractivity contribution in [1.29, 1.82) is 0 Å². The molecule has 0 saturated heterocycles. The van der Waals surface area contributed by atoms with Gasteiger partial charge in [-0.15, -0.1) is 11.3 Å². The number of aromatic nitrogens is 1. The van der Waals surface area contributed by atoms with Crippen LogP contribution in [0, 0.1) is 5.92 Å². The molecule has 3 unspecified atom stereocenters. The second-order valence-electron chi connectivity index (χ2n) is 8.00. The largest absolute Gasteiger partial charge is 0.354 e. The molecule has 0 radical (unpaired) electrons. The fourth-order valence-electron chi connectivity index (χ4n) is 3.67. The Bertz CT molecular complexity index is 821. The average Bonchev–Trinajstić information content (AvgIpc) is 3.19. The molecule has 1 saturated carbocycles. The lowest BCUT2D eigenvalue weighted by Crippen LogP contribution is -2.47. The second-order valence-corrected chi connectivity index (χ2v) is 8.89. The van der Waals surface area contributed by atoms with Crippen molar-refractivity contribution in [3.05, 3.63) is 40.7 Å². The predicted octanol–water partition coefficient (Wildman–Crippen LogP) is 4.25. The zero-order chi connectivity index (χ0) is 20.8. The highest BCUT2D eigenvalue weighted by Crippen LogP contribution is 2.26. The summed E-state index contributed by atoms with van der Waals surface area (Å²) < 4.78 is 0. The lowest BCUT2D eigenvalue weighted by Gasteiger charge is -2.29. The van der Waals surface area contributed by atoms with Crippen molar-refractivity contribution in [2.24, 2.45) is 5.92 Å². The molecule has 29 heavy (non-hydrogen) atoms. The number of benzene rings is 1. The smallest absolute Gasteiger partial charge is 0.315 e. The molecule has 7 heteroatoms. The number of hydrogen-bond donors (Lipinski definition) is 3. The first-order valence-electron chi connectivity index (χ1n) is 10.3. The first-order chi connectivity index (χ1) is 13.9. The SMILES string of the molecule is CC(C)NC(=O)C1CCCC(NC(=O)NC(C)c2nc(-c3ccccc3)cs2)C1. The maximum atomic E-state index is 12.5. The molecule has 6 nitrogen and oxygen atoms in total. The number of nitrogens with one attached hydrogen (secondary N) is 3. The molecule has 0 bridgehead atoms. The van der Waals surface area contributed by atoms with Crippen LogP contribution in [0.25, 0.3) is 11.3 Å². The number of thiazole rings is 1. The fraction of sp³-hybridized carbons (Fsp3) is 0.500. The van der Waals surface area contributed by atoms with Crippen LogP contribution in [0.5, 0.6) is 0 Å². The van der Waals surface area contributed by atoms with Crippen molar-refractivity contribution in [3.63, 3.8) is 0 Å². The Hall–Kier alpha value is -2.41. The highest BCUT2D eigenvalue weighted by Gasteiger charge is 2.28. The van der Waals surface area contributed by atoms with Gasteiger partial charge in [-0.2, -0.15) is 0 Å². The van der Waals surface area contributed by atoms with Crippen LogP contribution in [0.2, 0.25) is 0 Å². The molecule has 1 aromatic carbocycles. The fourth-order valence-corrected chi connectivity index (χ4v) is 4.51. The summed E-state index contributed by atoms with van der Waals surface area (Å²) in [5.41, 5.74) is 1.99. The van der Waals surface area contributed by atoms with E-state index in [-0.39, 0.29) is 36.0 Å². The van der Waals surface area contributed by atoms with E-state index in [0.717, 1.165) is 35.5 Å². The van der Waals surface area contributed by atoms with Crippen LogP contribution in [0.4, 0.5) is 4.79 Å². The summed E-state index contributed by atoms with van der Waals surface area (Å²) in [7, 11) is 0. The van der Waals surface area contributed by atoms with E-state index in [0.29, 0.717) is 6.42 Å². The van der Waals surface area contributed by atoms with Gasteiger partial charge < -0.3 is 16.0 Å². The maximum absolute atomic E-state index is 12.5. The monoisotopic (exact) mass is 414 g/mol. The van der Waals surface area contributed by atoms with Crippen LogP contribution >= 0.6 is 11.3 Å². The molecule has 3 atom stereocenters. The second kappa shape index (κ2) is 9.87. The summed E-state index contributed by atoms with van der Waals surface area (Å²) in [6.07, 6.45) is 3.43. The van der Waals surface area contributed by atoms with Gasteiger partial charge in [0.1, 0.15) is 5.01 Å². The van der Waals surface area contributed by atoms with Crippen LogP contribution in [0.15, 0.2) is 35.7 Å². The van der Waals surface area contributed by atoms with E-state index >= 15 is 0 Å². The molecule has 3 rings (SSSR count). The zero-order valence-electron chi connectivity index (χ0n) is 17.3. The predicted molar refractivity (Wildman–Crippen MR) is 117 cm³/mol. The molecule has 156 valence electrons. The summed E-state index contributed by atoms with van der Waals surface area (Å²) in [5, 5.41) is 11.9. The molecule has 1 fully saturated rings. The van der Waals surface area contributed by atoms with E-state index in [1.54, 1.807) is 11.3 Å². The number of nitrogens with zero attached hydrogens (tertiary/aromatic N) is 1. The zero-order valence-corrected chi connectivity index (χ0v) is 18.1. The topological polar surface area (TPSA) is 83.1 Å². The van der Waals surface area contributed by atoms with Crippen molar-refractivity contribution in [2.75, 3.05) is 0 Å². The molecule has 1 aliphatic rings. The van der Waals surface area contributed by atoms with Gasteiger partial charge in [0.05, 0.1) is 11.7 Å². The molecule has 2 aromatic rings. The third-order valence-corrected chi connectivity index (χ3v) is 6.15. The van der Waals surface area contributed by atoms with Crippen molar-refractivity contribution in [3.8, 4) is 11.3 Å². The summed E-state index contributed by atoms with van der Waals surface area (Å²) in [5.74, 6) is 0.0674. The maximum Gasteiger partial charge on any atom is 0.315 e. The van der Waals surface area contributed by atoms with Crippen LogP contribution in [0.1, 0.15) is 57.5 Å². The van der Waals surface area contributed by atoms with E-state index in [1.807, 2.05) is 56.5 Å². The molecule has 0 spiro atoms. The Morgan fingerprint density at radius 3 is 2.59 bits per heavy atom. The first-order valence-corrected chi connectivity index (χ1v) is 11.2. The van der Waals surface area contributed by atoms with Crippen molar-refractivity contribution in [2.45, 2.75) is 64.6 Å². The Kier molecular flexibility index (Phi) is 7.25. The Labute approximate surface area is 176 Å². The van der Waals surface area contributed by atoms with E-state index in [4.69, 9.17) is 0 Å². The summed E-state index contributed by atoms with van der Waals surface area (Å²) in [6.45, 7) is 5.87. The molecule has 1 heterocycles. The Morgan fingerprint density at radius 1 is 1.10 bits per heavy atom. The van der Waals surface area contributed by atoms with Crippen LogP contribution < -0.4 is 16.0 Å². The van der Waals surface area contributed by atoms with Gasteiger partial charge >= 0.3 is 6.03 Å². The highest BCUT2D eigenvalue weighted by atomic mass is 32.1. The minimum atomic E-state index is -0.205. The van der Waals surface area contributed by atoms with Crippen LogP contribution in [-0.4, -0.2) is 29.0 Å². The number of hydrogen-bond acceptors (Lipinski definition) is 4. The summed E-state index contributed by atoms with van der Waals surface area (Å²) in [6, 6.07) is 9.79. The highest BCUT2D eigenvalue weighted by molar-refractivity contribution is 7.10. The van der Waals surface area contributed by atoms with Gasteiger partial charge in [-0.1, -0.05) is 36.8 Å². The van der Waals surface area contributed by atoms with E-state index in [2.05, 4.69) is 20.9 Å². The summed E-state index contributed by atoms with van der Waals surface area (Å²) in [4.78, 5) is 29.4. The van der Waals surface area contributed by atoms with Crippen molar-refractivity contribution >= 4 is 23.3 Å². The van der Waals surface area contributed by atoms with Gasteiger partial charge in [0.2, 0.25) is 5.91 Å². The molecule has 0 aliphatic heterocycles. The van der Waals surface area contributed by atoms with Gasteiger partial charge in [-0.05, 0) is 40.0 Å². The minimum Gasteiger partial charge on any atom is -0.354 e. The number of urea groups is 1. The van der Waals surface area contributed by atoms with Crippen LogP contribution in [0.3, 0.4) is 0 Å². The summed E-state index contributed by atoms with van der Waals surface area (Å²) >= 11 is 1.54. The molecule has 1 aromatic heterocycles. The third-order valence-electron chi connectivity index (χ3n) is 5.12. The number of amides is 3. The van der Waals surface area contributed by atoms with Gasteiger partial charge in [-0.3, -0.25) is 4.79 Å². The number of carbonyl (C=O) groups is 2. The minimum absolute atomic E-state index is 0.0232. The molecule has 1 aliphatic carbocycles. The van der Waals surface area contributed by atoms with Gasteiger partial charge in [0.25, 0.3) is 0 Å². The van der Waals surface area contributed by atoms with E-state index < -0.39 is 0 Å². The van der Waals surface area contributed by atoms with E-state index in [9.17, 15) is 9.59 Å². The third kappa shape index (κ3) is 6.03. The number of carbonyl (C=O) groups excluding carboxylic acids is 2.